The molecule has 2 N–H and O–H groups in total. The van der Waals surface area contributed by atoms with Crippen molar-refractivity contribution in [2.45, 2.75) is 6.92 Å². The van der Waals surface area contributed by atoms with E-state index < -0.39 is 0 Å². The summed E-state index contributed by atoms with van der Waals surface area (Å²) in [6, 6.07) is 5.86. The zero-order valence-corrected chi connectivity index (χ0v) is 13.6. The van der Waals surface area contributed by atoms with Gasteiger partial charge in [-0.05, 0) is 41.1 Å². The van der Waals surface area contributed by atoms with Crippen molar-refractivity contribution in [1.82, 2.24) is 15.0 Å². The second-order valence-electron chi connectivity index (χ2n) is 3.92. The fraction of sp³-hybridized carbons (Fsp3) is 0.308. The van der Waals surface area contributed by atoms with Crippen molar-refractivity contribution in [2.24, 2.45) is 0 Å². The minimum Gasteiger partial charge on any atom is -0.496 e. The number of anilines is 3. The molecule has 0 saturated carbocycles. The van der Waals surface area contributed by atoms with Gasteiger partial charge in [-0.15, -0.1) is 0 Å². The summed E-state index contributed by atoms with van der Waals surface area (Å²) in [5, 5.41) is 5.97. The van der Waals surface area contributed by atoms with Crippen LogP contribution < -0.4 is 20.1 Å². The maximum atomic E-state index is 5.32. The standard InChI is InChI=1S/C13H16BrN5O2/c1-4-21-13-18-11(15-2)17-12(19-13)16-8-5-6-10(20-3)9(14)7-8/h5-7H,4H2,1-3H3,(H2,15,16,17,18,19). The first-order valence-electron chi connectivity index (χ1n) is 6.33. The van der Waals surface area contributed by atoms with Crippen LogP contribution in [0.1, 0.15) is 6.92 Å². The van der Waals surface area contributed by atoms with Gasteiger partial charge in [-0.2, -0.15) is 15.0 Å². The molecule has 0 radical (unpaired) electrons. The number of nitrogens with one attached hydrogen (secondary N) is 2. The molecule has 0 aliphatic rings. The molecule has 2 rings (SSSR count). The molecular formula is C13H16BrN5O2. The summed E-state index contributed by atoms with van der Waals surface area (Å²) >= 11 is 3.43. The largest absolute Gasteiger partial charge is 0.496 e. The van der Waals surface area contributed by atoms with Gasteiger partial charge in [0.1, 0.15) is 5.75 Å². The van der Waals surface area contributed by atoms with E-state index in [0.717, 1.165) is 15.9 Å². The van der Waals surface area contributed by atoms with Gasteiger partial charge < -0.3 is 20.1 Å². The number of halogens is 1. The molecule has 0 spiro atoms. The number of hydrogen-bond acceptors (Lipinski definition) is 7. The summed E-state index contributed by atoms with van der Waals surface area (Å²) in [5.74, 6) is 1.58. The molecule has 1 heterocycles. The second-order valence-corrected chi connectivity index (χ2v) is 4.78. The number of aromatic nitrogens is 3. The molecule has 21 heavy (non-hydrogen) atoms. The van der Waals surface area contributed by atoms with Crippen LogP contribution >= 0.6 is 15.9 Å². The third kappa shape index (κ3) is 3.94. The topological polar surface area (TPSA) is 81.2 Å². The Bertz CT molecular complexity index is 624. The van der Waals surface area contributed by atoms with Crippen LogP contribution in [0.2, 0.25) is 0 Å². The summed E-state index contributed by atoms with van der Waals surface area (Å²) in [7, 11) is 3.35. The van der Waals surface area contributed by atoms with Crippen molar-refractivity contribution in [3.8, 4) is 11.8 Å². The van der Waals surface area contributed by atoms with E-state index in [4.69, 9.17) is 9.47 Å². The molecule has 8 heteroatoms. The normalized spacial score (nSPS) is 10.1. The highest BCUT2D eigenvalue weighted by Gasteiger charge is 2.08. The molecule has 1 aromatic heterocycles. The molecule has 0 atom stereocenters. The smallest absolute Gasteiger partial charge is 0.323 e. The SMILES string of the molecule is CCOc1nc(NC)nc(Nc2ccc(OC)c(Br)c2)n1. The van der Waals surface area contributed by atoms with Crippen LogP contribution in [-0.4, -0.2) is 35.7 Å². The zero-order valence-electron chi connectivity index (χ0n) is 12.0. The Morgan fingerprint density at radius 2 is 1.95 bits per heavy atom. The molecule has 0 bridgehead atoms. The average Bonchev–Trinajstić information content (AvgIpc) is 2.47. The Morgan fingerprint density at radius 3 is 2.57 bits per heavy atom. The van der Waals surface area contributed by atoms with E-state index in [2.05, 4.69) is 41.5 Å². The molecule has 1 aromatic carbocycles. The van der Waals surface area contributed by atoms with Gasteiger partial charge in [0, 0.05) is 12.7 Å². The highest BCUT2D eigenvalue weighted by Crippen LogP contribution is 2.28. The molecule has 0 saturated heterocycles. The highest BCUT2D eigenvalue weighted by atomic mass is 79.9. The monoisotopic (exact) mass is 353 g/mol. The third-order valence-electron chi connectivity index (χ3n) is 2.52. The quantitative estimate of drug-likeness (QED) is 0.826. The Balaban J connectivity index is 2.25. The predicted molar refractivity (Wildman–Crippen MR) is 84.5 cm³/mol. The van der Waals surface area contributed by atoms with Crippen molar-refractivity contribution >= 4 is 33.5 Å². The van der Waals surface area contributed by atoms with Crippen LogP contribution in [0.5, 0.6) is 11.8 Å². The summed E-state index contributed by atoms with van der Waals surface area (Å²) < 4.78 is 11.3. The number of nitrogens with zero attached hydrogens (tertiary/aromatic N) is 3. The molecule has 0 fully saturated rings. The van der Waals surface area contributed by atoms with E-state index in [1.165, 1.54) is 0 Å². The van der Waals surface area contributed by atoms with E-state index in [1.54, 1.807) is 14.2 Å². The van der Waals surface area contributed by atoms with E-state index in [-0.39, 0.29) is 6.01 Å². The van der Waals surface area contributed by atoms with Gasteiger partial charge in [0.25, 0.3) is 0 Å². The third-order valence-corrected chi connectivity index (χ3v) is 3.14. The van der Waals surface area contributed by atoms with Gasteiger partial charge in [-0.3, -0.25) is 0 Å². The van der Waals surface area contributed by atoms with Crippen LogP contribution in [-0.2, 0) is 0 Å². The Hall–Kier alpha value is -2.09. The van der Waals surface area contributed by atoms with Crippen molar-refractivity contribution < 1.29 is 9.47 Å². The van der Waals surface area contributed by atoms with Crippen LogP contribution in [0, 0.1) is 0 Å². The van der Waals surface area contributed by atoms with E-state index in [1.807, 2.05) is 25.1 Å². The molecule has 0 amide bonds. The van der Waals surface area contributed by atoms with Gasteiger partial charge in [0.05, 0.1) is 18.2 Å². The Morgan fingerprint density at radius 1 is 1.19 bits per heavy atom. The summed E-state index contributed by atoms with van der Waals surface area (Å²) in [4.78, 5) is 12.5. The van der Waals surface area contributed by atoms with Crippen molar-refractivity contribution in [3.05, 3.63) is 22.7 Å². The first kappa shape index (κ1) is 15.3. The first-order valence-corrected chi connectivity index (χ1v) is 7.12. The van der Waals surface area contributed by atoms with Crippen molar-refractivity contribution in [1.29, 1.82) is 0 Å². The fourth-order valence-corrected chi connectivity index (χ4v) is 2.13. The number of ether oxygens (including phenoxy) is 2. The summed E-state index contributed by atoms with van der Waals surface area (Å²) in [6.45, 7) is 2.36. The molecule has 0 unspecified atom stereocenters. The number of methoxy groups -OCH3 is 1. The maximum absolute atomic E-state index is 5.32. The fourth-order valence-electron chi connectivity index (χ4n) is 1.59. The lowest BCUT2D eigenvalue weighted by atomic mass is 10.3. The lowest BCUT2D eigenvalue weighted by Gasteiger charge is -2.10. The van der Waals surface area contributed by atoms with Crippen molar-refractivity contribution in [3.63, 3.8) is 0 Å². The minimum atomic E-state index is 0.270. The van der Waals surface area contributed by atoms with E-state index in [9.17, 15) is 0 Å². The van der Waals surface area contributed by atoms with E-state index >= 15 is 0 Å². The lowest BCUT2D eigenvalue weighted by Crippen LogP contribution is -2.07. The van der Waals surface area contributed by atoms with Gasteiger partial charge in [-0.25, -0.2) is 0 Å². The van der Waals surface area contributed by atoms with Gasteiger partial charge in [0.15, 0.2) is 0 Å². The minimum absolute atomic E-state index is 0.270. The Kier molecular flexibility index (Phi) is 5.15. The molecule has 112 valence electrons. The zero-order chi connectivity index (χ0) is 15.2. The van der Waals surface area contributed by atoms with Crippen LogP contribution in [0.4, 0.5) is 17.6 Å². The molecule has 7 nitrogen and oxygen atoms in total. The number of hydrogen-bond donors (Lipinski definition) is 2. The second kappa shape index (κ2) is 7.07. The van der Waals surface area contributed by atoms with Crippen LogP contribution in [0.15, 0.2) is 22.7 Å². The van der Waals surface area contributed by atoms with Crippen molar-refractivity contribution in [2.75, 3.05) is 31.4 Å². The molecule has 0 aliphatic carbocycles. The van der Waals surface area contributed by atoms with Gasteiger partial charge in [0.2, 0.25) is 11.9 Å². The number of benzene rings is 1. The first-order chi connectivity index (χ1) is 10.2. The number of rotatable bonds is 6. The van der Waals surface area contributed by atoms with Crippen LogP contribution in [0.3, 0.4) is 0 Å². The molecular weight excluding hydrogens is 338 g/mol. The molecule has 2 aromatic rings. The summed E-state index contributed by atoms with van der Waals surface area (Å²) in [5.41, 5.74) is 0.818. The average molecular weight is 354 g/mol. The van der Waals surface area contributed by atoms with Gasteiger partial charge in [-0.1, -0.05) is 0 Å². The Labute approximate surface area is 131 Å². The van der Waals surface area contributed by atoms with Crippen LogP contribution in [0.25, 0.3) is 0 Å². The summed E-state index contributed by atoms with van der Waals surface area (Å²) in [6.07, 6.45) is 0. The van der Waals surface area contributed by atoms with Gasteiger partial charge >= 0.3 is 6.01 Å². The molecule has 0 aliphatic heterocycles. The predicted octanol–water partition coefficient (Wildman–Crippen LogP) is 2.83. The maximum Gasteiger partial charge on any atom is 0.323 e. The van der Waals surface area contributed by atoms with E-state index in [0.29, 0.717) is 18.5 Å². The highest BCUT2D eigenvalue weighted by molar-refractivity contribution is 9.10. The lowest BCUT2D eigenvalue weighted by molar-refractivity contribution is 0.312.